The number of likely N-dealkylation sites (N-methyl/N-ethyl adjacent to an activating group) is 1. The molecule has 3 nitrogen and oxygen atoms in total. The van der Waals surface area contributed by atoms with Crippen LogP contribution in [0.5, 0.6) is 0 Å². The van der Waals surface area contributed by atoms with Crippen LogP contribution in [-0.4, -0.2) is 37.5 Å². The lowest BCUT2D eigenvalue weighted by atomic mass is 10.2. The van der Waals surface area contributed by atoms with Gasteiger partial charge in [-0.05, 0) is 18.2 Å². The minimum atomic E-state index is -0.260. The molecular formula is C13H14FN3. The second-order valence-corrected chi connectivity index (χ2v) is 3.79. The van der Waals surface area contributed by atoms with Crippen LogP contribution in [0.1, 0.15) is 5.56 Å². The molecule has 17 heavy (non-hydrogen) atoms. The fourth-order valence-electron chi connectivity index (χ4n) is 1.56. The van der Waals surface area contributed by atoms with Crippen LogP contribution in [0, 0.1) is 17.7 Å². The number of nitrogens with zero attached hydrogens (tertiary/aromatic N) is 2. The Morgan fingerprint density at radius 2 is 2.41 bits per heavy atom. The van der Waals surface area contributed by atoms with Crippen molar-refractivity contribution in [1.29, 1.82) is 0 Å². The van der Waals surface area contributed by atoms with Gasteiger partial charge in [-0.25, -0.2) is 4.39 Å². The van der Waals surface area contributed by atoms with Crippen LogP contribution < -0.4 is 5.32 Å². The Kier molecular flexibility index (Phi) is 3.61. The van der Waals surface area contributed by atoms with E-state index in [1.54, 1.807) is 12.1 Å². The van der Waals surface area contributed by atoms with Crippen LogP contribution in [0.25, 0.3) is 0 Å². The lowest BCUT2D eigenvalue weighted by Gasteiger charge is -2.13. The monoisotopic (exact) mass is 231 g/mol. The van der Waals surface area contributed by atoms with Gasteiger partial charge in [0.2, 0.25) is 0 Å². The normalized spacial score (nSPS) is 14.0. The molecule has 0 aromatic heterocycles. The average molecular weight is 231 g/mol. The topological polar surface area (TPSA) is 27.6 Å². The van der Waals surface area contributed by atoms with E-state index in [0.29, 0.717) is 12.1 Å². The summed E-state index contributed by atoms with van der Waals surface area (Å²) in [5, 5.41) is 3.12. The van der Waals surface area contributed by atoms with E-state index in [1.165, 1.54) is 12.1 Å². The van der Waals surface area contributed by atoms with Gasteiger partial charge in [-0.1, -0.05) is 17.9 Å². The average Bonchev–Trinajstić information content (AvgIpc) is 2.71. The highest BCUT2D eigenvalue weighted by atomic mass is 19.1. The number of hydrogen-bond donors (Lipinski definition) is 1. The molecule has 0 bridgehead atoms. The van der Waals surface area contributed by atoms with Gasteiger partial charge >= 0.3 is 0 Å². The molecule has 0 unspecified atom stereocenters. The number of halogens is 1. The van der Waals surface area contributed by atoms with Crippen LogP contribution in [-0.2, 0) is 0 Å². The lowest BCUT2D eigenvalue weighted by molar-refractivity contribution is 0.538. The van der Waals surface area contributed by atoms with Gasteiger partial charge in [-0.3, -0.25) is 4.99 Å². The number of hydrogen-bond acceptors (Lipinski definition) is 3. The van der Waals surface area contributed by atoms with Crippen molar-refractivity contribution in [3.63, 3.8) is 0 Å². The van der Waals surface area contributed by atoms with Crippen molar-refractivity contribution in [2.75, 3.05) is 26.7 Å². The lowest BCUT2D eigenvalue weighted by Crippen LogP contribution is -2.35. The van der Waals surface area contributed by atoms with E-state index in [1.807, 2.05) is 11.9 Å². The van der Waals surface area contributed by atoms with Gasteiger partial charge in [0.05, 0.1) is 13.1 Å². The quantitative estimate of drug-likeness (QED) is 0.732. The highest BCUT2D eigenvalue weighted by Gasteiger charge is 2.09. The van der Waals surface area contributed by atoms with Crippen molar-refractivity contribution in [3.8, 4) is 11.8 Å². The standard InChI is InChI=1S/C13H14FN3/c1-17-9-8-16-13(17)15-7-3-5-11-4-2-6-12(14)10-11/h2,4,6,10H,7-9H2,1H3,(H,15,16). The molecule has 1 aliphatic rings. The molecule has 2 rings (SSSR count). The largest absolute Gasteiger partial charge is 0.345 e. The predicted molar refractivity (Wildman–Crippen MR) is 66.2 cm³/mol. The van der Waals surface area contributed by atoms with Crippen LogP contribution in [0.15, 0.2) is 29.3 Å². The molecule has 1 heterocycles. The van der Waals surface area contributed by atoms with Crippen molar-refractivity contribution < 1.29 is 4.39 Å². The van der Waals surface area contributed by atoms with E-state index >= 15 is 0 Å². The van der Waals surface area contributed by atoms with Crippen molar-refractivity contribution >= 4 is 5.96 Å². The Morgan fingerprint density at radius 3 is 3.12 bits per heavy atom. The highest BCUT2D eigenvalue weighted by Crippen LogP contribution is 2.00. The van der Waals surface area contributed by atoms with Gasteiger partial charge < -0.3 is 10.2 Å². The molecule has 0 fully saturated rings. The van der Waals surface area contributed by atoms with Gasteiger partial charge in [-0.2, -0.15) is 0 Å². The summed E-state index contributed by atoms with van der Waals surface area (Å²) in [5.41, 5.74) is 0.688. The Morgan fingerprint density at radius 1 is 1.53 bits per heavy atom. The maximum Gasteiger partial charge on any atom is 0.194 e. The minimum Gasteiger partial charge on any atom is -0.345 e. The summed E-state index contributed by atoms with van der Waals surface area (Å²) < 4.78 is 12.9. The van der Waals surface area contributed by atoms with E-state index in [-0.39, 0.29) is 5.82 Å². The molecule has 0 radical (unpaired) electrons. The second kappa shape index (κ2) is 5.35. The fourth-order valence-corrected chi connectivity index (χ4v) is 1.56. The molecule has 88 valence electrons. The Hall–Kier alpha value is -2.02. The fraction of sp³-hybridized carbons (Fsp3) is 0.308. The van der Waals surface area contributed by atoms with Crippen molar-refractivity contribution in [2.24, 2.45) is 4.99 Å². The zero-order valence-corrected chi connectivity index (χ0v) is 9.70. The summed E-state index contributed by atoms with van der Waals surface area (Å²) >= 11 is 0. The molecule has 1 aliphatic heterocycles. The number of rotatable bonds is 1. The number of nitrogens with one attached hydrogen (secondary N) is 1. The van der Waals surface area contributed by atoms with Gasteiger partial charge in [0.15, 0.2) is 5.96 Å². The molecule has 1 aromatic rings. The minimum absolute atomic E-state index is 0.260. The molecule has 0 saturated carbocycles. The summed E-state index contributed by atoms with van der Waals surface area (Å²) in [7, 11) is 1.98. The molecule has 0 aliphatic carbocycles. The number of guanidine groups is 1. The van der Waals surface area contributed by atoms with E-state index in [2.05, 4.69) is 22.2 Å². The van der Waals surface area contributed by atoms with E-state index in [0.717, 1.165) is 19.0 Å². The van der Waals surface area contributed by atoms with Crippen molar-refractivity contribution in [2.45, 2.75) is 0 Å². The first-order valence-corrected chi connectivity index (χ1v) is 5.49. The van der Waals surface area contributed by atoms with Crippen LogP contribution in [0.4, 0.5) is 4.39 Å². The molecule has 1 N–H and O–H groups in total. The molecule has 0 amide bonds. The van der Waals surface area contributed by atoms with Gasteiger partial charge in [-0.15, -0.1) is 0 Å². The van der Waals surface area contributed by atoms with Crippen molar-refractivity contribution in [1.82, 2.24) is 10.2 Å². The maximum atomic E-state index is 12.9. The molecule has 0 spiro atoms. The van der Waals surface area contributed by atoms with Crippen LogP contribution in [0.2, 0.25) is 0 Å². The highest BCUT2D eigenvalue weighted by molar-refractivity contribution is 5.81. The Balaban J connectivity index is 1.87. The Labute approximate surface area is 100 Å². The van der Waals surface area contributed by atoms with E-state index in [9.17, 15) is 4.39 Å². The molecular weight excluding hydrogens is 217 g/mol. The zero-order valence-electron chi connectivity index (χ0n) is 9.70. The van der Waals surface area contributed by atoms with E-state index < -0.39 is 0 Å². The first-order chi connectivity index (χ1) is 8.25. The third kappa shape index (κ3) is 3.22. The van der Waals surface area contributed by atoms with Crippen molar-refractivity contribution in [3.05, 3.63) is 35.6 Å². The summed E-state index contributed by atoms with van der Waals surface area (Å²) in [6.45, 7) is 2.29. The summed E-state index contributed by atoms with van der Waals surface area (Å²) in [5.74, 6) is 6.45. The maximum absolute atomic E-state index is 12.9. The zero-order chi connectivity index (χ0) is 12.1. The smallest absolute Gasteiger partial charge is 0.194 e. The van der Waals surface area contributed by atoms with Gasteiger partial charge in [0, 0.05) is 19.2 Å². The molecule has 1 aromatic carbocycles. The molecule has 0 atom stereocenters. The third-order valence-corrected chi connectivity index (χ3v) is 2.45. The SMILES string of the molecule is CN1CCN=C1NCC#Cc1cccc(F)c1. The molecule has 4 heteroatoms. The van der Waals surface area contributed by atoms with Gasteiger partial charge in [0.1, 0.15) is 5.82 Å². The van der Waals surface area contributed by atoms with Gasteiger partial charge in [0.25, 0.3) is 0 Å². The van der Waals surface area contributed by atoms with Crippen LogP contribution >= 0.6 is 0 Å². The summed E-state index contributed by atoms with van der Waals surface area (Å²) in [4.78, 5) is 6.32. The summed E-state index contributed by atoms with van der Waals surface area (Å²) in [6, 6.07) is 6.27. The number of aliphatic imine (C=N–C) groups is 1. The first kappa shape index (κ1) is 11.5. The van der Waals surface area contributed by atoms with Crippen LogP contribution in [0.3, 0.4) is 0 Å². The predicted octanol–water partition coefficient (Wildman–Crippen LogP) is 1.07. The first-order valence-electron chi connectivity index (χ1n) is 5.49. The second-order valence-electron chi connectivity index (χ2n) is 3.79. The molecule has 0 saturated heterocycles. The summed E-state index contributed by atoms with van der Waals surface area (Å²) in [6.07, 6.45) is 0. The number of benzene rings is 1. The van der Waals surface area contributed by atoms with E-state index in [4.69, 9.17) is 0 Å². The Bertz CT molecular complexity index is 485. The third-order valence-electron chi connectivity index (χ3n) is 2.45.